The van der Waals surface area contributed by atoms with E-state index in [-0.39, 0.29) is 0 Å². The topological polar surface area (TPSA) is 27.3 Å². The van der Waals surface area contributed by atoms with Gasteiger partial charge in [0.2, 0.25) is 0 Å². The minimum Gasteiger partial charge on any atom is -0.317 e. The third kappa shape index (κ3) is 5.83. The van der Waals surface area contributed by atoms with Crippen LogP contribution in [0.3, 0.4) is 0 Å². The molecule has 2 N–H and O–H groups in total. The fraction of sp³-hybridized carbons (Fsp3) is 1.00. The van der Waals surface area contributed by atoms with Gasteiger partial charge in [-0.05, 0) is 51.9 Å². The summed E-state index contributed by atoms with van der Waals surface area (Å²) in [4.78, 5) is 2.27. The Kier molecular flexibility index (Phi) is 5.73. The summed E-state index contributed by atoms with van der Waals surface area (Å²) in [6, 6.07) is 0.719. The molecule has 0 radical (unpaired) electrons. The monoisotopic (exact) mass is 227 g/mol. The normalized spacial score (nSPS) is 23.4. The van der Waals surface area contributed by atoms with Crippen molar-refractivity contribution < 1.29 is 0 Å². The first-order valence-corrected chi connectivity index (χ1v) is 6.58. The standard InChI is InChI=1S/C13H29N3/c1-13(2,11-16(3)4)10-15-12-6-5-8-14-9-7-12/h12,14-15H,5-11H2,1-4H3. The molecule has 0 aromatic rings. The van der Waals surface area contributed by atoms with E-state index in [0.29, 0.717) is 5.41 Å². The third-order valence-corrected chi connectivity index (χ3v) is 3.19. The number of rotatable bonds is 5. The van der Waals surface area contributed by atoms with Crippen molar-refractivity contribution in [1.29, 1.82) is 0 Å². The lowest BCUT2D eigenvalue weighted by Gasteiger charge is -2.30. The third-order valence-electron chi connectivity index (χ3n) is 3.19. The molecule has 0 saturated carbocycles. The van der Waals surface area contributed by atoms with Crippen molar-refractivity contribution in [3.05, 3.63) is 0 Å². The van der Waals surface area contributed by atoms with E-state index in [1.807, 2.05) is 0 Å². The second-order valence-corrected chi connectivity index (χ2v) is 6.16. The van der Waals surface area contributed by atoms with Crippen molar-refractivity contribution in [2.24, 2.45) is 5.41 Å². The zero-order chi connectivity index (χ0) is 12.0. The highest BCUT2D eigenvalue weighted by Crippen LogP contribution is 2.15. The van der Waals surface area contributed by atoms with Crippen molar-refractivity contribution in [2.75, 3.05) is 40.3 Å². The highest BCUT2D eigenvalue weighted by Gasteiger charge is 2.20. The summed E-state index contributed by atoms with van der Waals surface area (Å²) in [7, 11) is 4.30. The molecular weight excluding hydrogens is 198 g/mol. The summed E-state index contributed by atoms with van der Waals surface area (Å²) in [5, 5.41) is 7.20. The summed E-state index contributed by atoms with van der Waals surface area (Å²) >= 11 is 0. The first-order chi connectivity index (χ1) is 7.49. The predicted molar refractivity (Wildman–Crippen MR) is 70.8 cm³/mol. The molecule has 1 heterocycles. The van der Waals surface area contributed by atoms with Crippen molar-refractivity contribution in [1.82, 2.24) is 15.5 Å². The van der Waals surface area contributed by atoms with Crippen LogP contribution in [0.15, 0.2) is 0 Å². The van der Waals surface area contributed by atoms with Gasteiger partial charge >= 0.3 is 0 Å². The summed E-state index contributed by atoms with van der Waals surface area (Å²) in [5.74, 6) is 0. The Morgan fingerprint density at radius 3 is 2.69 bits per heavy atom. The average molecular weight is 227 g/mol. The van der Waals surface area contributed by atoms with Crippen LogP contribution in [0.5, 0.6) is 0 Å². The maximum absolute atomic E-state index is 3.74. The summed E-state index contributed by atoms with van der Waals surface area (Å²) in [6.45, 7) is 9.32. The first-order valence-electron chi connectivity index (χ1n) is 6.58. The zero-order valence-corrected chi connectivity index (χ0v) is 11.5. The van der Waals surface area contributed by atoms with Gasteiger partial charge in [-0.1, -0.05) is 13.8 Å². The fourth-order valence-corrected chi connectivity index (χ4v) is 2.56. The average Bonchev–Trinajstić information content (AvgIpc) is 2.40. The summed E-state index contributed by atoms with van der Waals surface area (Å²) in [5.41, 5.74) is 0.364. The molecule has 1 saturated heterocycles. The summed E-state index contributed by atoms with van der Waals surface area (Å²) < 4.78 is 0. The van der Waals surface area contributed by atoms with E-state index in [1.54, 1.807) is 0 Å². The van der Waals surface area contributed by atoms with Gasteiger partial charge in [-0.15, -0.1) is 0 Å². The quantitative estimate of drug-likeness (QED) is 0.741. The Morgan fingerprint density at radius 1 is 1.25 bits per heavy atom. The van der Waals surface area contributed by atoms with E-state index in [2.05, 4.69) is 43.5 Å². The molecule has 1 unspecified atom stereocenters. The Hall–Kier alpha value is -0.120. The van der Waals surface area contributed by atoms with E-state index in [0.717, 1.165) is 19.1 Å². The molecule has 0 aromatic carbocycles. The Bertz CT molecular complexity index is 182. The highest BCUT2D eigenvalue weighted by molar-refractivity contribution is 4.79. The van der Waals surface area contributed by atoms with E-state index in [4.69, 9.17) is 0 Å². The molecule has 0 aromatic heterocycles. The molecule has 16 heavy (non-hydrogen) atoms. The molecule has 1 aliphatic rings. The number of hydrogen-bond acceptors (Lipinski definition) is 3. The molecule has 0 spiro atoms. The second-order valence-electron chi connectivity index (χ2n) is 6.16. The molecule has 3 nitrogen and oxygen atoms in total. The van der Waals surface area contributed by atoms with Gasteiger partial charge in [0, 0.05) is 19.1 Å². The van der Waals surface area contributed by atoms with Crippen LogP contribution < -0.4 is 10.6 Å². The van der Waals surface area contributed by atoms with Crippen LogP contribution in [0.4, 0.5) is 0 Å². The smallest absolute Gasteiger partial charge is 0.00798 e. The largest absolute Gasteiger partial charge is 0.317 e. The number of nitrogens with one attached hydrogen (secondary N) is 2. The number of nitrogens with zero attached hydrogens (tertiary/aromatic N) is 1. The lowest BCUT2D eigenvalue weighted by molar-refractivity contribution is 0.222. The molecule has 1 atom stereocenters. The van der Waals surface area contributed by atoms with Crippen molar-refractivity contribution in [3.8, 4) is 0 Å². The van der Waals surface area contributed by atoms with E-state index in [9.17, 15) is 0 Å². The molecule has 1 aliphatic heterocycles. The molecule has 1 rings (SSSR count). The van der Waals surface area contributed by atoms with Gasteiger partial charge in [-0.2, -0.15) is 0 Å². The Morgan fingerprint density at radius 2 is 2.00 bits per heavy atom. The van der Waals surface area contributed by atoms with E-state index < -0.39 is 0 Å². The van der Waals surface area contributed by atoms with E-state index in [1.165, 1.54) is 32.4 Å². The fourth-order valence-electron chi connectivity index (χ4n) is 2.56. The molecular formula is C13H29N3. The molecule has 0 bridgehead atoms. The van der Waals surface area contributed by atoms with Gasteiger partial charge in [0.15, 0.2) is 0 Å². The number of hydrogen-bond donors (Lipinski definition) is 2. The van der Waals surface area contributed by atoms with Crippen LogP contribution in [0.2, 0.25) is 0 Å². The van der Waals surface area contributed by atoms with Gasteiger partial charge < -0.3 is 15.5 Å². The predicted octanol–water partition coefficient (Wildman–Crippen LogP) is 1.31. The van der Waals surface area contributed by atoms with E-state index >= 15 is 0 Å². The van der Waals surface area contributed by atoms with Crippen LogP contribution >= 0.6 is 0 Å². The van der Waals surface area contributed by atoms with Gasteiger partial charge in [0.1, 0.15) is 0 Å². The lowest BCUT2D eigenvalue weighted by atomic mass is 9.92. The van der Waals surface area contributed by atoms with Crippen LogP contribution in [0, 0.1) is 5.41 Å². The molecule has 3 heteroatoms. The van der Waals surface area contributed by atoms with Crippen LogP contribution in [0.1, 0.15) is 33.1 Å². The minimum atomic E-state index is 0.364. The Balaban J connectivity index is 2.25. The molecule has 0 aliphatic carbocycles. The van der Waals surface area contributed by atoms with Crippen LogP contribution in [-0.2, 0) is 0 Å². The second kappa shape index (κ2) is 6.58. The first kappa shape index (κ1) is 13.9. The molecule has 96 valence electrons. The Labute approximate surface area is 101 Å². The lowest BCUT2D eigenvalue weighted by Crippen LogP contribution is -2.42. The SMILES string of the molecule is CN(C)CC(C)(C)CNC1CCCNCC1. The molecule has 0 amide bonds. The van der Waals surface area contributed by atoms with Crippen LogP contribution in [-0.4, -0.2) is 51.2 Å². The van der Waals surface area contributed by atoms with Crippen molar-refractivity contribution >= 4 is 0 Å². The van der Waals surface area contributed by atoms with Gasteiger partial charge in [-0.25, -0.2) is 0 Å². The van der Waals surface area contributed by atoms with Gasteiger partial charge in [0.25, 0.3) is 0 Å². The van der Waals surface area contributed by atoms with Gasteiger partial charge in [-0.3, -0.25) is 0 Å². The molecule has 1 fully saturated rings. The maximum Gasteiger partial charge on any atom is 0.00798 e. The van der Waals surface area contributed by atoms with Crippen molar-refractivity contribution in [2.45, 2.75) is 39.2 Å². The highest BCUT2D eigenvalue weighted by atomic mass is 15.1. The zero-order valence-electron chi connectivity index (χ0n) is 11.5. The minimum absolute atomic E-state index is 0.364. The van der Waals surface area contributed by atoms with Gasteiger partial charge in [0.05, 0.1) is 0 Å². The summed E-state index contributed by atoms with van der Waals surface area (Å²) in [6.07, 6.45) is 3.91. The van der Waals surface area contributed by atoms with Crippen LogP contribution in [0.25, 0.3) is 0 Å². The van der Waals surface area contributed by atoms with Crippen molar-refractivity contribution in [3.63, 3.8) is 0 Å². The maximum atomic E-state index is 3.74.